The Hall–Kier alpha value is -3.13. The topological polar surface area (TPSA) is 117 Å². The molecule has 0 aromatic heterocycles. The van der Waals surface area contributed by atoms with E-state index in [0.717, 1.165) is 12.8 Å². The number of nitrogens with zero attached hydrogens (tertiary/aromatic N) is 2. The van der Waals surface area contributed by atoms with Crippen LogP contribution in [-0.4, -0.2) is 54.6 Å². The van der Waals surface area contributed by atoms with Gasteiger partial charge >= 0.3 is 0 Å². The number of rotatable bonds is 8. The lowest BCUT2D eigenvalue weighted by molar-refractivity contribution is -0.123. The van der Waals surface area contributed by atoms with Gasteiger partial charge in [-0.05, 0) is 38.0 Å². The molecule has 4 N–H and O–H groups in total. The van der Waals surface area contributed by atoms with Crippen molar-refractivity contribution in [2.24, 2.45) is 10.7 Å². The molecule has 1 heterocycles. The fourth-order valence-electron chi connectivity index (χ4n) is 2.71. The summed E-state index contributed by atoms with van der Waals surface area (Å²) in [6.07, 6.45) is 9.36. The Labute approximate surface area is 194 Å². The molecule has 8 nitrogen and oxygen atoms in total. The number of amidine groups is 1. The summed E-state index contributed by atoms with van der Waals surface area (Å²) in [6.45, 7) is 6.84. The second kappa shape index (κ2) is 14.8. The molecule has 1 fully saturated rings. The minimum Gasteiger partial charge on any atom is -0.386 e. The third kappa shape index (κ3) is 8.93. The van der Waals surface area contributed by atoms with Gasteiger partial charge in [0.15, 0.2) is 0 Å². The van der Waals surface area contributed by atoms with Crippen molar-refractivity contribution in [1.29, 1.82) is 0 Å². The molecular formula is C23H32ClN5O3. The molecule has 9 heteroatoms. The molecule has 1 aromatic rings. The summed E-state index contributed by atoms with van der Waals surface area (Å²) < 4.78 is 0. The van der Waals surface area contributed by atoms with Crippen molar-refractivity contribution in [1.82, 2.24) is 15.5 Å². The van der Waals surface area contributed by atoms with Crippen LogP contribution in [0.15, 0.2) is 47.6 Å². The number of benzene rings is 1. The number of nitrogens with two attached hydrogens (primary N) is 1. The lowest BCUT2D eigenvalue weighted by atomic mass is 10.1. The predicted molar refractivity (Wildman–Crippen MR) is 129 cm³/mol. The molecule has 1 saturated heterocycles. The number of hydrogen-bond donors (Lipinski definition) is 3. The highest BCUT2D eigenvalue weighted by atomic mass is 35.5. The van der Waals surface area contributed by atoms with E-state index in [1.807, 2.05) is 32.9 Å². The van der Waals surface area contributed by atoms with Crippen LogP contribution in [0.5, 0.6) is 0 Å². The Bertz CT molecular complexity index is 880. The number of nitrogens with one attached hydrogen (secondary N) is 2. The quantitative estimate of drug-likeness (QED) is 0.239. The maximum atomic E-state index is 12.6. The van der Waals surface area contributed by atoms with E-state index >= 15 is 0 Å². The van der Waals surface area contributed by atoms with E-state index in [2.05, 4.69) is 21.7 Å². The third-order valence-corrected chi connectivity index (χ3v) is 4.61. The Morgan fingerprint density at radius 2 is 2.00 bits per heavy atom. The van der Waals surface area contributed by atoms with Crippen molar-refractivity contribution in [3.8, 4) is 0 Å². The number of amides is 3. The van der Waals surface area contributed by atoms with Gasteiger partial charge in [0.2, 0.25) is 5.91 Å². The molecule has 0 aliphatic carbocycles. The summed E-state index contributed by atoms with van der Waals surface area (Å²) in [6, 6.07) is 4.41. The van der Waals surface area contributed by atoms with Crippen molar-refractivity contribution in [2.45, 2.75) is 33.6 Å². The number of carbonyl (C=O) groups is 3. The highest BCUT2D eigenvalue weighted by Gasteiger charge is 2.24. The van der Waals surface area contributed by atoms with Gasteiger partial charge in [-0.3, -0.25) is 14.4 Å². The van der Waals surface area contributed by atoms with Crippen LogP contribution in [0, 0.1) is 0 Å². The van der Waals surface area contributed by atoms with Gasteiger partial charge in [-0.1, -0.05) is 43.7 Å². The SMILES string of the molecule is C/C=C\CC/C=C/N=C(N)CNC(=O)c1ccc(C(=O)N2CCNC(=O)C2)c(Cl)c1.CC. The lowest BCUT2D eigenvalue weighted by Gasteiger charge is -2.27. The Morgan fingerprint density at radius 1 is 1.28 bits per heavy atom. The van der Waals surface area contributed by atoms with Crippen LogP contribution in [-0.2, 0) is 4.79 Å². The van der Waals surface area contributed by atoms with E-state index < -0.39 is 0 Å². The van der Waals surface area contributed by atoms with Crippen LogP contribution in [0.2, 0.25) is 5.02 Å². The summed E-state index contributed by atoms with van der Waals surface area (Å²) >= 11 is 6.22. The normalized spacial score (nSPS) is 14.2. The van der Waals surface area contributed by atoms with Crippen LogP contribution in [0.3, 0.4) is 0 Å². The molecule has 1 aliphatic rings. The molecule has 1 aliphatic heterocycles. The van der Waals surface area contributed by atoms with E-state index in [1.165, 1.54) is 23.1 Å². The third-order valence-electron chi connectivity index (χ3n) is 4.30. The number of hydrogen-bond acceptors (Lipinski definition) is 4. The fraction of sp³-hybridized carbons (Fsp3) is 0.391. The maximum absolute atomic E-state index is 12.6. The van der Waals surface area contributed by atoms with Gasteiger partial charge in [-0.2, -0.15) is 0 Å². The minimum absolute atomic E-state index is 0.0141. The zero-order valence-electron chi connectivity index (χ0n) is 18.9. The molecule has 0 unspecified atom stereocenters. The van der Waals surface area contributed by atoms with Crippen LogP contribution < -0.4 is 16.4 Å². The van der Waals surface area contributed by atoms with Crippen molar-refractivity contribution in [2.75, 3.05) is 26.2 Å². The number of unbranched alkanes of at least 4 members (excludes halogenated alkanes) is 1. The maximum Gasteiger partial charge on any atom is 0.255 e. The Kier molecular flexibility index (Phi) is 12.4. The lowest BCUT2D eigenvalue weighted by Crippen LogP contribution is -2.50. The molecule has 0 atom stereocenters. The average molecular weight is 462 g/mol. The molecule has 1 aromatic carbocycles. The van der Waals surface area contributed by atoms with E-state index in [-0.39, 0.29) is 47.2 Å². The van der Waals surface area contributed by atoms with E-state index in [1.54, 1.807) is 6.20 Å². The number of aliphatic imine (C=N–C) groups is 1. The summed E-state index contributed by atoms with van der Waals surface area (Å²) in [4.78, 5) is 41.8. The van der Waals surface area contributed by atoms with Crippen LogP contribution in [0.25, 0.3) is 0 Å². The van der Waals surface area contributed by atoms with E-state index in [9.17, 15) is 14.4 Å². The van der Waals surface area contributed by atoms with Gasteiger partial charge in [0, 0.05) is 24.9 Å². The van der Waals surface area contributed by atoms with Crippen LogP contribution >= 0.6 is 11.6 Å². The zero-order valence-corrected chi connectivity index (χ0v) is 19.6. The first-order valence-electron chi connectivity index (χ1n) is 10.6. The first kappa shape index (κ1) is 26.9. The summed E-state index contributed by atoms with van der Waals surface area (Å²) in [5, 5.41) is 5.46. The number of allylic oxidation sites excluding steroid dienone is 3. The first-order valence-corrected chi connectivity index (χ1v) is 11.0. The van der Waals surface area contributed by atoms with Gasteiger partial charge in [0.05, 0.1) is 23.7 Å². The Balaban J connectivity index is 0.00000249. The number of carbonyl (C=O) groups excluding carboxylic acids is 3. The smallest absolute Gasteiger partial charge is 0.255 e. The van der Waals surface area contributed by atoms with Gasteiger partial charge in [-0.25, -0.2) is 4.99 Å². The summed E-state index contributed by atoms with van der Waals surface area (Å²) in [7, 11) is 0. The molecule has 174 valence electrons. The van der Waals surface area contributed by atoms with E-state index in [0.29, 0.717) is 18.7 Å². The molecule has 0 saturated carbocycles. The standard InChI is InChI=1S/C21H26ClN5O3.C2H6/c1-2-3-4-5-6-9-24-18(23)13-26-20(29)15-7-8-16(17(22)12-15)21(30)27-11-10-25-19(28)14-27;1-2/h2-3,6-9,12H,4-5,10-11,13-14H2,1H3,(H2,23,24)(H,25,28)(H,26,29);1-2H3/b3-2-,9-6+;. The van der Waals surface area contributed by atoms with Gasteiger partial charge in [0.1, 0.15) is 5.84 Å². The molecule has 2 rings (SSSR count). The molecule has 0 bridgehead atoms. The van der Waals surface area contributed by atoms with Crippen molar-refractivity contribution in [3.63, 3.8) is 0 Å². The zero-order chi connectivity index (χ0) is 23.9. The molecular weight excluding hydrogens is 430 g/mol. The number of halogens is 1. The summed E-state index contributed by atoms with van der Waals surface area (Å²) in [5.41, 5.74) is 6.33. The Morgan fingerprint density at radius 3 is 2.66 bits per heavy atom. The summed E-state index contributed by atoms with van der Waals surface area (Å²) in [5.74, 6) is -0.677. The van der Waals surface area contributed by atoms with Gasteiger partial charge in [-0.15, -0.1) is 0 Å². The number of piperazine rings is 1. The van der Waals surface area contributed by atoms with Crippen molar-refractivity contribution < 1.29 is 14.4 Å². The van der Waals surface area contributed by atoms with Crippen LogP contribution in [0.1, 0.15) is 54.3 Å². The highest BCUT2D eigenvalue weighted by Crippen LogP contribution is 2.20. The minimum atomic E-state index is -0.386. The first-order chi connectivity index (χ1) is 15.4. The van der Waals surface area contributed by atoms with Gasteiger partial charge < -0.3 is 21.3 Å². The average Bonchev–Trinajstić information content (AvgIpc) is 2.80. The monoisotopic (exact) mass is 461 g/mol. The second-order valence-electron chi connectivity index (χ2n) is 6.61. The second-order valence-corrected chi connectivity index (χ2v) is 7.01. The molecule has 3 amide bonds. The van der Waals surface area contributed by atoms with Gasteiger partial charge in [0.25, 0.3) is 11.8 Å². The molecule has 0 radical (unpaired) electrons. The predicted octanol–water partition coefficient (Wildman–Crippen LogP) is 2.90. The van der Waals surface area contributed by atoms with Crippen molar-refractivity contribution >= 4 is 35.2 Å². The fourth-order valence-corrected chi connectivity index (χ4v) is 2.97. The van der Waals surface area contributed by atoms with E-state index in [4.69, 9.17) is 17.3 Å². The van der Waals surface area contributed by atoms with Crippen molar-refractivity contribution in [3.05, 3.63) is 58.8 Å². The molecule has 0 spiro atoms. The molecule has 32 heavy (non-hydrogen) atoms. The highest BCUT2D eigenvalue weighted by molar-refractivity contribution is 6.34. The van der Waals surface area contributed by atoms with Crippen LogP contribution in [0.4, 0.5) is 0 Å². The largest absolute Gasteiger partial charge is 0.386 e.